The lowest BCUT2D eigenvalue weighted by atomic mass is 9.96. The van der Waals surface area contributed by atoms with E-state index in [1.54, 1.807) is 0 Å². The van der Waals surface area contributed by atoms with Gasteiger partial charge in [-0.25, -0.2) is 9.78 Å². The van der Waals surface area contributed by atoms with Crippen molar-refractivity contribution in [2.75, 3.05) is 19.6 Å². The number of amides is 3. The van der Waals surface area contributed by atoms with Gasteiger partial charge in [0.25, 0.3) is 0 Å². The number of benzene rings is 1. The lowest BCUT2D eigenvalue weighted by Crippen LogP contribution is -2.39. The summed E-state index contributed by atoms with van der Waals surface area (Å²) in [5.74, 6) is 0.786. The molecule has 0 bridgehead atoms. The van der Waals surface area contributed by atoms with Gasteiger partial charge in [-0.3, -0.25) is 10.1 Å². The molecular formula is C16H20N4O3. The summed E-state index contributed by atoms with van der Waals surface area (Å²) in [6, 6.07) is 6.98. The predicted octanol–water partition coefficient (Wildman–Crippen LogP) is 1.59. The highest BCUT2D eigenvalue weighted by Gasteiger charge is 2.24. The first-order valence-electron chi connectivity index (χ1n) is 7.79. The number of oxazole rings is 1. The van der Waals surface area contributed by atoms with Crippen molar-refractivity contribution in [3.8, 4) is 0 Å². The van der Waals surface area contributed by atoms with E-state index in [9.17, 15) is 9.59 Å². The van der Waals surface area contributed by atoms with Crippen molar-refractivity contribution in [3.63, 3.8) is 0 Å². The number of likely N-dealkylation sites (tertiary alicyclic amines) is 1. The summed E-state index contributed by atoms with van der Waals surface area (Å²) >= 11 is 0. The summed E-state index contributed by atoms with van der Waals surface area (Å²) in [4.78, 5) is 28.8. The monoisotopic (exact) mass is 316 g/mol. The molecule has 0 unspecified atom stereocenters. The third kappa shape index (κ3) is 3.87. The van der Waals surface area contributed by atoms with Crippen molar-refractivity contribution in [2.45, 2.75) is 25.2 Å². The Morgan fingerprint density at radius 2 is 2.04 bits per heavy atom. The summed E-state index contributed by atoms with van der Waals surface area (Å²) in [5, 5.41) is 2.08. The Balaban J connectivity index is 1.50. The molecule has 1 aliphatic rings. The van der Waals surface area contributed by atoms with Crippen molar-refractivity contribution in [1.82, 2.24) is 15.2 Å². The number of hydrogen-bond acceptors (Lipinski definition) is 5. The fourth-order valence-electron chi connectivity index (χ4n) is 2.93. The molecule has 0 spiro atoms. The van der Waals surface area contributed by atoms with E-state index < -0.39 is 6.03 Å². The smallest absolute Gasteiger partial charge is 0.318 e. The van der Waals surface area contributed by atoms with Gasteiger partial charge in [0.05, 0.1) is 0 Å². The number of nitrogens with zero attached hydrogens (tertiary/aromatic N) is 2. The third-order valence-corrected chi connectivity index (χ3v) is 4.16. The lowest BCUT2D eigenvalue weighted by molar-refractivity contribution is -0.120. The molecule has 2 heterocycles. The fraction of sp³-hybridized carbons (Fsp3) is 0.438. The van der Waals surface area contributed by atoms with E-state index in [4.69, 9.17) is 10.2 Å². The molecule has 7 heteroatoms. The average molecular weight is 316 g/mol. The second-order valence-electron chi connectivity index (χ2n) is 5.80. The Bertz CT molecular complexity index is 671. The van der Waals surface area contributed by atoms with Crippen LogP contribution in [0, 0.1) is 0 Å². The van der Waals surface area contributed by atoms with E-state index in [1.165, 1.54) is 0 Å². The van der Waals surface area contributed by atoms with Gasteiger partial charge < -0.3 is 15.1 Å². The van der Waals surface area contributed by atoms with Crippen LogP contribution in [0.3, 0.4) is 0 Å². The van der Waals surface area contributed by atoms with E-state index in [0.29, 0.717) is 12.5 Å². The third-order valence-electron chi connectivity index (χ3n) is 4.16. The molecule has 7 nitrogen and oxygen atoms in total. The summed E-state index contributed by atoms with van der Waals surface area (Å²) in [5.41, 5.74) is 6.64. The van der Waals surface area contributed by atoms with E-state index >= 15 is 0 Å². The molecule has 3 amide bonds. The van der Waals surface area contributed by atoms with Crippen LogP contribution in [-0.4, -0.2) is 41.5 Å². The molecule has 3 rings (SSSR count). The predicted molar refractivity (Wildman–Crippen MR) is 84.8 cm³/mol. The van der Waals surface area contributed by atoms with Crippen molar-refractivity contribution in [2.24, 2.45) is 5.73 Å². The zero-order valence-corrected chi connectivity index (χ0v) is 12.8. The molecule has 1 fully saturated rings. The van der Waals surface area contributed by atoms with Crippen LogP contribution >= 0.6 is 0 Å². The van der Waals surface area contributed by atoms with Gasteiger partial charge in [0, 0.05) is 18.9 Å². The average Bonchev–Trinajstić information content (AvgIpc) is 2.97. The molecule has 23 heavy (non-hydrogen) atoms. The van der Waals surface area contributed by atoms with Crippen molar-refractivity contribution in [1.29, 1.82) is 0 Å². The van der Waals surface area contributed by atoms with E-state index in [1.807, 2.05) is 24.3 Å². The van der Waals surface area contributed by atoms with Gasteiger partial charge in [0.15, 0.2) is 11.5 Å². The molecule has 1 saturated heterocycles. The Kier molecular flexibility index (Phi) is 4.57. The molecule has 2 aromatic rings. The maximum Gasteiger partial charge on any atom is 0.318 e. The SMILES string of the molecule is NC(=O)NC(=O)CCN1CCC(c2nc3ccccc3o2)CC1. The normalized spacial score (nSPS) is 16.5. The highest BCUT2D eigenvalue weighted by atomic mass is 16.3. The van der Waals surface area contributed by atoms with Crippen LogP contribution in [0.4, 0.5) is 4.79 Å². The molecule has 122 valence electrons. The Hall–Kier alpha value is -2.41. The van der Waals surface area contributed by atoms with Crippen LogP contribution in [0.15, 0.2) is 28.7 Å². The highest BCUT2D eigenvalue weighted by Crippen LogP contribution is 2.29. The molecule has 1 aliphatic heterocycles. The quantitative estimate of drug-likeness (QED) is 0.892. The number of nitrogens with one attached hydrogen (secondary N) is 1. The molecule has 1 aromatic heterocycles. The first-order chi connectivity index (χ1) is 11.1. The number of rotatable bonds is 4. The van der Waals surface area contributed by atoms with Crippen LogP contribution in [0.25, 0.3) is 11.1 Å². The van der Waals surface area contributed by atoms with Gasteiger partial charge >= 0.3 is 6.03 Å². The number of para-hydroxylation sites is 2. The summed E-state index contributed by atoms with van der Waals surface area (Å²) in [6.45, 7) is 2.39. The molecular weight excluding hydrogens is 296 g/mol. The van der Waals surface area contributed by atoms with Gasteiger partial charge in [-0.2, -0.15) is 0 Å². The minimum Gasteiger partial charge on any atom is -0.440 e. The molecule has 0 radical (unpaired) electrons. The molecule has 0 saturated carbocycles. The number of piperidine rings is 1. The second kappa shape index (κ2) is 6.78. The van der Waals surface area contributed by atoms with Crippen molar-refractivity contribution >= 4 is 23.0 Å². The Morgan fingerprint density at radius 1 is 1.30 bits per heavy atom. The standard InChI is InChI=1S/C16H20N4O3/c17-16(22)19-14(21)7-10-20-8-5-11(6-9-20)15-18-12-3-1-2-4-13(12)23-15/h1-4,11H,5-10H2,(H3,17,19,21,22). The van der Waals surface area contributed by atoms with Gasteiger partial charge in [0.2, 0.25) is 5.91 Å². The van der Waals surface area contributed by atoms with Crippen molar-refractivity contribution in [3.05, 3.63) is 30.2 Å². The number of aromatic nitrogens is 1. The number of nitrogens with two attached hydrogens (primary N) is 1. The van der Waals surface area contributed by atoms with Crippen LogP contribution in [-0.2, 0) is 4.79 Å². The second-order valence-corrected chi connectivity index (χ2v) is 5.80. The number of fused-ring (bicyclic) bond motifs is 1. The highest BCUT2D eigenvalue weighted by molar-refractivity contribution is 5.93. The summed E-state index contributed by atoms with van der Waals surface area (Å²) in [6.07, 6.45) is 2.17. The molecule has 0 atom stereocenters. The van der Waals surface area contributed by atoms with Gasteiger partial charge in [-0.05, 0) is 38.1 Å². The molecule has 0 aliphatic carbocycles. The minimum absolute atomic E-state index is 0.274. The Morgan fingerprint density at radius 3 is 2.74 bits per heavy atom. The maximum absolute atomic E-state index is 11.4. The summed E-state index contributed by atoms with van der Waals surface area (Å²) < 4.78 is 5.84. The lowest BCUT2D eigenvalue weighted by Gasteiger charge is -2.30. The van der Waals surface area contributed by atoms with E-state index in [-0.39, 0.29) is 12.3 Å². The van der Waals surface area contributed by atoms with Crippen LogP contribution in [0.5, 0.6) is 0 Å². The topological polar surface area (TPSA) is 101 Å². The van der Waals surface area contributed by atoms with Crippen molar-refractivity contribution < 1.29 is 14.0 Å². The van der Waals surface area contributed by atoms with Gasteiger partial charge in [-0.15, -0.1) is 0 Å². The number of carbonyl (C=O) groups excluding carboxylic acids is 2. The van der Waals surface area contributed by atoms with Crippen LogP contribution in [0.2, 0.25) is 0 Å². The maximum atomic E-state index is 11.4. The minimum atomic E-state index is -0.801. The fourth-order valence-corrected chi connectivity index (χ4v) is 2.93. The van der Waals surface area contributed by atoms with E-state index in [2.05, 4.69) is 15.2 Å². The summed E-state index contributed by atoms with van der Waals surface area (Å²) in [7, 11) is 0. The van der Waals surface area contributed by atoms with Gasteiger partial charge in [-0.1, -0.05) is 12.1 Å². The number of hydrogen-bond donors (Lipinski definition) is 2. The number of primary amides is 1. The van der Waals surface area contributed by atoms with Crippen LogP contribution < -0.4 is 11.1 Å². The largest absolute Gasteiger partial charge is 0.440 e. The first kappa shape index (κ1) is 15.5. The number of urea groups is 1. The van der Waals surface area contributed by atoms with Crippen LogP contribution in [0.1, 0.15) is 31.1 Å². The van der Waals surface area contributed by atoms with E-state index in [0.717, 1.165) is 42.9 Å². The zero-order chi connectivity index (χ0) is 16.2. The molecule has 1 aromatic carbocycles. The zero-order valence-electron chi connectivity index (χ0n) is 12.8. The molecule has 3 N–H and O–H groups in total. The first-order valence-corrected chi connectivity index (χ1v) is 7.79. The Labute approximate surface area is 133 Å². The van der Waals surface area contributed by atoms with Gasteiger partial charge in [0.1, 0.15) is 5.52 Å². The number of carbonyl (C=O) groups is 2. The number of imide groups is 1.